The van der Waals surface area contributed by atoms with Gasteiger partial charge in [-0.05, 0) is 39.2 Å². The summed E-state index contributed by atoms with van der Waals surface area (Å²) in [7, 11) is 0. The lowest BCUT2D eigenvalue weighted by atomic mass is 9.81. The first kappa shape index (κ1) is 15.4. The summed E-state index contributed by atoms with van der Waals surface area (Å²) in [5, 5.41) is 3.33. The lowest BCUT2D eigenvalue weighted by molar-refractivity contribution is -0.138. The van der Waals surface area contributed by atoms with E-state index in [9.17, 15) is 4.79 Å². The molecule has 1 aliphatic heterocycles. The van der Waals surface area contributed by atoms with E-state index in [-0.39, 0.29) is 5.60 Å². The molecular weight excluding hydrogens is 204 g/mol. The number of ether oxygens (including phenoxy) is 1. The molecular formula is C12H26N2O2. The van der Waals surface area contributed by atoms with Crippen LogP contribution in [-0.4, -0.2) is 31.2 Å². The van der Waals surface area contributed by atoms with Crippen molar-refractivity contribution in [3.63, 3.8) is 0 Å². The van der Waals surface area contributed by atoms with E-state index in [1.165, 1.54) is 0 Å². The van der Waals surface area contributed by atoms with E-state index < -0.39 is 0 Å². The van der Waals surface area contributed by atoms with E-state index in [2.05, 4.69) is 23.9 Å². The number of carbonyl (C=O) groups is 1. The molecule has 0 saturated carbocycles. The van der Waals surface area contributed by atoms with Gasteiger partial charge in [0.05, 0.1) is 0 Å². The van der Waals surface area contributed by atoms with Gasteiger partial charge in [0.2, 0.25) is 0 Å². The zero-order valence-electron chi connectivity index (χ0n) is 11.2. The highest BCUT2D eigenvalue weighted by Crippen LogP contribution is 2.22. The number of hydrogen-bond acceptors (Lipinski definition) is 4. The summed E-state index contributed by atoms with van der Waals surface area (Å²) >= 11 is 0. The van der Waals surface area contributed by atoms with Crippen molar-refractivity contribution in [2.45, 2.75) is 52.7 Å². The second kappa shape index (κ2) is 6.21. The van der Waals surface area contributed by atoms with Gasteiger partial charge in [-0.3, -0.25) is 4.79 Å². The fraction of sp³-hybridized carbons (Fsp3) is 0.917. The Morgan fingerprint density at radius 3 is 2.19 bits per heavy atom. The number of piperidine rings is 1. The van der Waals surface area contributed by atoms with E-state index in [4.69, 9.17) is 5.73 Å². The Kier molecular flexibility index (Phi) is 5.97. The van der Waals surface area contributed by atoms with E-state index in [1.807, 2.05) is 20.8 Å². The Morgan fingerprint density at radius 2 is 2.00 bits per heavy atom. The molecule has 1 heterocycles. The Hall–Kier alpha value is -0.610. The first-order chi connectivity index (χ1) is 7.19. The summed E-state index contributed by atoms with van der Waals surface area (Å²) in [6.45, 7) is 12.5. The molecule has 0 radical (unpaired) electrons. The third-order valence-electron chi connectivity index (χ3n) is 2.62. The molecule has 1 unspecified atom stereocenters. The summed E-state index contributed by atoms with van der Waals surface area (Å²) in [4.78, 5) is 9.60. The summed E-state index contributed by atoms with van der Waals surface area (Å²) in [6, 6.07) is 0.388. The largest absolute Gasteiger partial charge is 0.462 e. The topological polar surface area (TPSA) is 64.3 Å². The highest BCUT2D eigenvalue weighted by molar-refractivity contribution is 5.37. The molecule has 1 saturated heterocycles. The van der Waals surface area contributed by atoms with Crippen molar-refractivity contribution >= 4 is 6.47 Å². The maximum atomic E-state index is 9.60. The molecule has 0 spiro atoms. The highest BCUT2D eigenvalue weighted by atomic mass is 16.5. The molecule has 0 bridgehead atoms. The second-order valence-electron chi connectivity index (χ2n) is 5.89. The van der Waals surface area contributed by atoms with Crippen LogP contribution in [0.15, 0.2) is 0 Å². The molecule has 0 aromatic heterocycles. The van der Waals surface area contributed by atoms with Crippen molar-refractivity contribution in [2.75, 3.05) is 13.1 Å². The van der Waals surface area contributed by atoms with Crippen LogP contribution in [0.1, 0.15) is 41.0 Å². The Morgan fingerprint density at radius 1 is 1.44 bits per heavy atom. The molecule has 0 aromatic carbocycles. The number of nitrogens with one attached hydrogen (secondary N) is 1. The maximum Gasteiger partial charge on any atom is 0.293 e. The van der Waals surface area contributed by atoms with Crippen molar-refractivity contribution < 1.29 is 9.53 Å². The molecule has 4 heteroatoms. The molecule has 16 heavy (non-hydrogen) atoms. The van der Waals surface area contributed by atoms with Gasteiger partial charge in [0.15, 0.2) is 0 Å². The van der Waals surface area contributed by atoms with Gasteiger partial charge in [-0.25, -0.2) is 0 Å². The zero-order valence-corrected chi connectivity index (χ0v) is 11.2. The lowest BCUT2D eigenvalue weighted by Crippen LogP contribution is -2.50. The van der Waals surface area contributed by atoms with Crippen LogP contribution in [0.2, 0.25) is 0 Å². The predicted molar refractivity (Wildman–Crippen MR) is 66.1 cm³/mol. The van der Waals surface area contributed by atoms with Crippen molar-refractivity contribution in [3.8, 4) is 0 Å². The van der Waals surface area contributed by atoms with Gasteiger partial charge in [0.1, 0.15) is 5.60 Å². The van der Waals surface area contributed by atoms with Crippen molar-refractivity contribution in [1.82, 2.24) is 5.32 Å². The zero-order chi connectivity index (χ0) is 12.8. The fourth-order valence-electron chi connectivity index (χ4n) is 1.33. The monoisotopic (exact) mass is 230 g/mol. The Bertz CT molecular complexity index is 210. The fourth-order valence-corrected chi connectivity index (χ4v) is 1.33. The third-order valence-corrected chi connectivity index (χ3v) is 2.62. The van der Waals surface area contributed by atoms with Gasteiger partial charge in [-0.1, -0.05) is 13.8 Å². The average molecular weight is 230 g/mol. The third kappa shape index (κ3) is 6.80. The molecule has 1 atom stereocenters. The Balaban J connectivity index is 0.000000293. The molecule has 1 fully saturated rings. The van der Waals surface area contributed by atoms with Crippen LogP contribution in [0.3, 0.4) is 0 Å². The van der Waals surface area contributed by atoms with Crippen LogP contribution in [0, 0.1) is 5.41 Å². The number of hydrogen-bond donors (Lipinski definition) is 2. The van der Waals surface area contributed by atoms with Crippen LogP contribution in [-0.2, 0) is 9.53 Å². The molecule has 3 N–H and O–H groups in total. The lowest BCUT2D eigenvalue weighted by Gasteiger charge is -2.36. The van der Waals surface area contributed by atoms with Crippen LogP contribution < -0.4 is 11.1 Å². The molecule has 4 nitrogen and oxygen atoms in total. The highest BCUT2D eigenvalue weighted by Gasteiger charge is 2.28. The van der Waals surface area contributed by atoms with Gasteiger partial charge >= 0.3 is 0 Å². The molecule has 1 rings (SSSR count). The van der Waals surface area contributed by atoms with Gasteiger partial charge in [-0.15, -0.1) is 0 Å². The number of nitrogens with two attached hydrogens (primary N) is 1. The van der Waals surface area contributed by atoms with Gasteiger partial charge in [0.25, 0.3) is 6.47 Å². The minimum atomic E-state index is -0.318. The molecule has 0 aromatic rings. The summed E-state index contributed by atoms with van der Waals surface area (Å²) in [5.41, 5.74) is 5.86. The number of rotatable bonds is 1. The predicted octanol–water partition coefficient (Wildman–Crippen LogP) is 1.29. The van der Waals surface area contributed by atoms with E-state index in [1.54, 1.807) is 0 Å². The second-order valence-corrected chi connectivity index (χ2v) is 5.89. The van der Waals surface area contributed by atoms with Gasteiger partial charge in [-0.2, -0.15) is 0 Å². The van der Waals surface area contributed by atoms with E-state index in [0.29, 0.717) is 17.9 Å². The van der Waals surface area contributed by atoms with Crippen LogP contribution >= 0.6 is 0 Å². The summed E-state index contributed by atoms with van der Waals surface area (Å²) in [6.07, 6.45) is 1.12. The smallest absolute Gasteiger partial charge is 0.293 e. The quantitative estimate of drug-likeness (QED) is 0.666. The van der Waals surface area contributed by atoms with Crippen molar-refractivity contribution in [2.24, 2.45) is 11.1 Å². The SMILES string of the molecule is CC(C)(C)OC=O.CC1(C)CNCCC1N. The van der Waals surface area contributed by atoms with Crippen molar-refractivity contribution in [1.29, 1.82) is 0 Å². The summed E-state index contributed by atoms with van der Waals surface area (Å²) in [5.74, 6) is 0. The average Bonchev–Trinajstić information content (AvgIpc) is 2.09. The van der Waals surface area contributed by atoms with Crippen LogP contribution in [0.4, 0.5) is 0 Å². The van der Waals surface area contributed by atoms with E-state index >= 15 is 0 Å². The minimum Gasteiger partial charge on any atom is -0.462 e. The van der Waals surface area contributed by atoms with Gasteiger partial charge in [0, 0.05) is 12.6 Å². The first-order valence-corrected chi connectivity index (χ1v) is 5.77. The standard InChI is InChI=1S/C7H16N2.C5H10O2/c1-7(2)5-9-4-3-6(7)8;1-5(2,3)7-4-6/h6,9H,3-5,8H2,1-2H3;4H,1-3H3. The molecule has 0 aliphatic carbocycles. The van der Waals surface area contributed by atoms with Crippen LogP contribution in [0.5, 0.6) is 0 Å². The summed E-state index contributed by atoms with van der Waals surface area (Å²) < 4.78 is 4.55. The maximum absolute atomic E-state index is 9.60. The molecule has 1 aliphatic rings. The van der Waals surface area contributed by atoms with E-state index in [0.717, 1.165) is 19.5 Å². The Labute approximate surface area is 98.9 Å². The van der Waals surface area contributed by atoms with Crippen LogP contribution in [0.25, 0.3) is 0 Å². The number of carbonyl (C=O) groups excluding carboxylic acids is 1. The van der Waals surface area contributed by atoms with Gasteiger partial charge < -0.3 is 15.8 Å². The molecule has 96 valence electrons. The normalized spacial score (nSPS) is 24.0. The molecule has 0 amide bonds. The first-order valence-electron chi connectivity index (χ1n) is 5.77. The van der Waals surface area contributed by atoms with Crippen molar-refractivity contribution in [3.05, 3.63) is 0 Å². The minimum absolute atomic E-state index is 0.304.